The van der Waals surface area contributed by atoms with Gasteiger partial charge in [0.15, 0.2) is 24.8 Å². The molecule has 3 rings (SSSR count). The Morgan fingerprint density at radius 3 is 1.02 bits per heavy atom. The molecule has 0 spiro atoms. The maximum atomic E-state index is 12.2. The minimum absolute atomic E-state index is 0.228. The molecule has 0 amide bonds. The van der Waals surface area contributed by atoms with Crippen molar-refractivity contribution in [3.05, 3.63) is 72.8 Å². The maximum Gasteiger partial charge on any atom is 0.460 e. The van der Waals surface area contributed by atoms with Gasteiger partial charge < -0.3 is 18.8 Å². The van der Waals surface area contributed by atoms with E-state index in [0.717, 1.165) is 75.6 Å². The molecule has 0 N–H and O–H groups in total. The average molecular weight is 779 g/mol. The number of alkyl halides is 9. The van der Waals surface area contributed by atoms with E-state index < -0.39 is 33.4 Å². The number of halogens is 9. The molecule has 0 aliphatic rings. The molecule has 0 aliphatic carbocycles. The van der Waals surface area contributed by atoms with Gasteiger partial charge in [-0.05, 0) is 92.1 Å². The van der Waals surface area contributed by atoms with Crippen molar-refractivity contribution >= 4 is 21.0 Å². The Morgan fingerprint density at radius 2 is 0.804 bits per heavy atom. The normalized spacial score (nSPS) is 12.7. The molecule has 0 heterocycles. The lowest BCUT2D eigenvalue weighted by molar-refractivity contribution is -0.382. The molecular formula is C34H39F9O6S2. The van der Waals surface area contributed by atoms with E-state index in [4.69, 9.17) is 14.2 Å². The molecule has 0 saturated carbocycles. The molecule has 0 aromatic heterocycles. The fourth-order valence-electron chi connectivity index (χ4n) is 3.94. The van der Waals surface area contributed by atoms with Crippen molar-refractivity contribution in [3.8, 4) is 17.2 Å². The molecule has 0 atom stereocenters. The van der Waals surface area contributed by atoms with Crippen molar-refractivity contribution in [3.63, 3.8) is 0 Å². The largest absolute Gasteiger partial charge is 0.743 e. The van der Waals surface area contributed by atoms with Crippen molar-refractivity contribution in [1.29, 1.82) is 0 Å². The molecule has 0 saturated heterocycles. The van der Waals surface area contributed by atoms with Crippen LogP contribution in [0.15, 0.2) is 87.5 Å². The van der Waals surface area contributed by atoms with Crippen molar-refractivity contribution in [1.82, 2.24) is 0 Å². The van der Waals surface area contributed by atoms with E-state index in [1.807, 2.05) is 0 Å². The number of hydrogen-bond acceptors (Lipinski definition) is 6. The van der Waals surface area contributed by atoms with Gasteiger partial charge in [0.1, 0.15) is 17.2 Å². The summed E-state index contributed by atoms with van der Waals surface area (Å²) >= 11 is 0. The SMILES string of the molecule is CCCCOc1ccc([S+](c2ccc(OCCCC)cc2)c2ccc(OCCCC)cc2)cc1.O=S(=O)([O-])C(F)(F)C(F)(F)C(F)(F)C(F)(F)F. The number of rotatable bonds is 18. The second-order valence-electron chi connectivity index (χ2n) is 10.9. The highest BCUT2D eigenvalue weighted by molar-refractivity contribution is 7.97. The van der Waals surface area contributed by atoms with Crippen molar-refractivity contribution < 1.29 is 66.7 Å². The molecule has 0 fully saturated rings. The molecule has 3 aromatic carbocycles. The van der Waals surface area contributed by atoms with Gasteiger partial charge in [-0.1, -0.05) is 40.0 Å². The van der Waals surface area contributed by atoms with Crippen molar-refractivity contribution in [2.45, 2.75) is 97.3 Å². The van der Waals surface area contributed by atoms with E-state index in [0.29, 0.717) is 0 Å². The molecule has 0 bridgehead atoms. The summed E-state index contributed by atoms with van der Waals surface area (Å²) in [5.41, 5.74) is 0. The summed E-state index contributed by atoms with van der Waals surface area (Å²) in [6.07, 6.45) is -0.527. The number of hydrogen-bond donors (Lipinski definition) is 0. The van der Waals surface area contributed by atoms with Crippen LogP contribution in [0.5, 0.6) is 17.2 Å². The predicted molar refractivity (Wildman–Crippen MR) is 173 cm³/mol. The zero-order valence-corrected chi connectivity index (χ0v) is 29.6. The van der Waals surface area contributed by atoms with Crippen LogP contribution in [0.1, 0.15) is 59.3 Å². The third kappa shape index (κ3) is 11.6. The highest BCUT2D eigenvalue weighted by atomic mass is 32.2. The minimum atomic E-state index is -7.43. The zero-order chi connectivity index (χ0) is 38.5. The van der Waals surface area contributed by atoms with E-state index in [9.17, 15) is 52.5 Å². The Balaban J connectivity index is 0.000000449. The van der Waals surface area contributed by atoms with Crippen LogP contribution in [0.25, 0.3) is 0 Å². The minimum Gasteiger partial charge on any atom is -0.743 e. The van der Waals surface area contributed by atoms with Gasteiger partial charge in [-0.15, -0.1) is 0 Å². The molecule has 0 radical (unpaired) electrons. The lowest BCUT2D eigenvalue weighted by Gasteiger charge is -2.34. The van der Waals surface area contributed by atoms with Gasteiger partial charge in [-0.2, -0.15) is 39.5 Å². The Bertz CT molecular complexity index is 1440. The van der Waals surface area contributed by atoms with Gasteiger partial charge in [0, 0.05) is 0 Å². The maximum absolute atomic E-state index is 12.2. The Hall–Kier alpha value is -3.31. The second kappa shape index (κ2) is 19.0. The van der Waals surface area contributed by atoms with E-state index in [1.165, 1.54) is 14.7 Å². The molecule has 6 nitrogen and oxygen atoms in total. The zero-order valence-electron chi connectivity index (χ0n) is 28.0. The summed E-state index contributed by atoms with van der Waals surface area (Å²) in [5, 5.41) is -7.11. The quantitative estimate of drug-likeness (QED) is 0.0553. The van der Waals surface area contributed by atoms with Gasteiger partial charge in [0.05, 0.1) is 30.7 Å². The van der Waals surface area contributed by atoms with Crippen molar-refractivity contribution in [2.24, 2.45) is 0 Å². The number of benzene rings is 3. The highest BCUT2D eigenvalue weighted by Gasteiger charge is 2.83. The first-order valence-electron chi connectivity index (χ1n) is 15.8. The van der Waals surface area contributed by atoms with Gasteiger partial charge in [0.25, 0.3) is 0 Å². The Kier molecular flexibility index (Phi) is 16.3. The van der Waals surface area contributed by atoms with Gasteiger partial charge >= 0.3 is 23.3 Å². The topological polar surface area (TPSA) is 84.9 Å². The lowest BCUT2D eigenvalue weighted by atomic mass is 10.1. The first-order valence-corrected chi connectivity index (χ1v) is 18.5. The summed E-state index contributed by atoms with van der Waals surface area (Å²) in [6.45, 7) is 8.83. The Labute approximate surface area is 294 Å². The second-order valence-corrected chi connectivity index (χ2v) is 14.4. The molecular weight excluding hydrogens is 739 g/mol. The third-order valence-corrected chi connectivity index (χ3v) is 10.0. The van der Waals surface area contributed by atoms with Gasteiger partial charge in [-0.25, -0.2) is 8.42 Å². The summed E-state index contributed by atoms with van der Waals surface area (Å²) in [6, 6.07) is 25.7. The number of unbranched alkanes of at least 4 members (excludes halogenated alkanes) is 3. The Morgan fingerprint density at radius 1 is 0.529 bits per heavy atom. The van der Waals surface area contributed by atoms with Crippen LogP contribution < -0.4 is 14.2 Å². The molecule has 0 unspecified atom stereocenters. The molecule has 3 aromatic rings. The summed E-state index contributed by atoms with van der Waals surface area (Å²) < 4.78 is 153. The molecule has 51 heavy (non-hydrogen) atoms. The standard InChI is InChI=1S/C30H39O3S.C4HF9O3S/c1-4-7-22-31-25-10-16-28(17-11-25)34(29-18-12-26(13-19-29)32-23-8-5-2)30-20-14-27(15-21-30)33-24-9-6-3;5-1(6,3(9,10)11)2(7,8)4(12,13)17(14,15)16/h10-21H,4-9,22-24H2,1-3H3;(H,14,15,16)/q+1;/p-1. The van der Waals surface area contributed by atoms with E-state index in [-0.39, 0.29) is 10.9 Å². The van der Waals surface area contributed by atoms with Crippen LogP contribution in [0.3, 0.4) is 0 Å². The van der Waals surface area contributed by atoms with E-state index in [1.54, 1.807) is 0 Å². The summed E-state index contributed by atoms with van der Waals surface area (Å²) in [5.74, 6) is -12.0. The van der Waals surface area contributed by atoms with Crippen LogP contribution in [0, 0.1) is 0 Å². The molecule has 17 heteroatoms. The van der Waals surface area contributed by atoms with E-state index in [2.05, 4.69) is 93.6 Å². The average Bonchev–Trinajstić information content (AvgIpc) is 3.06. The number of ether oxygens (including phenoxy) is 3. The molecule has 286 valence electrons. The van der Waals surface area contributed by atoms with Crippen LogP contribution in [-0.4, -0.2) is 56.1 Å². The van der Waals surface area contributed by atoms with E-state index >= 15 is 0 Å². The lowest BCUT2D eigenvalue weighted by Crippen LogP contribution is -2.63. The third-order valence-electron chi connectivity index (χ3n) is 6.91. The van der Waals surface area contributed by atoms with Crippen LogP contribution in [0.4, 0.5) is 39.5 Å². The highest BCUT2D eigenvalue weighted by Crippen LogP contribution is 2.54. The van der Waals surface area contributed by atoms with Crippen LogP contribution >= 0.6 is 0 Å². The first-order chi connectivity index (χ1) is 23.7. The fraction of sp³-hybridized carbons (Fsp3) is 0.471. The predicted octanol–water partition coefficient (Wildman–Crippen LogP) is 10.3. The smallest absolute Gasteiger partial charge is 0.460 e. The van der Waals surface area contributed by atoms with Crippen LogP contribution in [0.2, 0.25) is 0 Å². The van der Waals surface area contributed by atoms with Gasteiger partial charge in [-0.3, -0.25) is 0 Å². The molecule has 0 aliphatic heterocycles. The summed E-state index contributed by atoms with van der Waals surface area (Å²) in [4.78, 5) is 3.80. The summed E-state index contributed by atoms with van der Waals surface area (Å²) in [7, 11) is -7.64. The van der Waals surface area contributed by atoms with Crippen LogP contribution in [-0.2, 0) is 21.0 Å². The first kappa shape index (κ1) is 43.9. The van der Waals surface area contributed by atoms with Gasteiger partial charge in [0.2, 0.25) is 0 Å². The monoisotopic (exact) mass is 778 g/mol. The fourth-order valence-corrected chi connectivity index (χ4v) is 6.43. The van der Waals surface area contributed by atoms with Crippen molar-refractivity contribution in [2.75, 3.05) is 19.8 Å².